The van der Waals surface area contributed by atoms with Crippen molar-refractivity contribution in [2.75, 3.05) is 32.8 Å². The standard InChI is InChI=1S/C21H27N3O5/c1-14(15-4-2-5-15)29-21(27)17-18(25)16-6-3-7-22-19(16)24(20(17)26)9-8-23-10-12-28-13-11-23/h3,6-7,14-15,25H,2,4-5,8-13H2,1H3. The largest absolute Gasteiger partial charge is 0.506 e. The molecular formula is C21H27N3O5. The Bertz CT molecular complexity index is 947. The highest BCUT2D eigenvalue weighted by atomic mass is 16.5. The Kier molecular flexibility index (Phi) is 5.82. The lowest BCUT2D eigenvalue weighted by atomic mass is 9.82. The van der Waals surface area contributed by atoms with Crippen LogP contribution < -0.4 is 5.56 Å². The number of nitrogens with zero attached hydrogens (tertiary/aromatic N) is 3. The van der Waals surface area contributed by atoms with Crippen molar-refractivity contribution >= 4 is 17.0 Å². The summed E-state index contributed by atoms with van der Waals surface area (Å²) in [6.07, 6.45) is 4.47. The molecule has 1 saturated heterocycles. The van der Waals surface area contributed by atoms with E-state index in [-0.39, 0.29) is 17.4 Å². The SMILES string of the molecule is CC(OC(=O)c1c(O)c2cccnc2n(CCN2CCOCC2)c1=O)C1CCC1. The van der Waals surface area contributed by atoms with E-state index in [0.717, 1.165) is 32.4 Å². The average molecular weight is 401 g/mol. The van der Waals surface area contributed by atoms with Gasteiger partial charge in [-0.15, -0.1) is 0 Å². The van der Waals surface area contributed by atoms with Crippen molar-refractivity contribution < 1.29 is 19.4 Å². The molecule has 0 bridgehead atoms. The van der Waals surface area contributed by atoms with Crippen LogP contribution in [0.5, 0.6) is 5.75 Å². The smallest absolute Gasteiger partial charge is 0.347 e. The highest BCUT2D eigenvalue weighted by Gasteiger charge is 2.30. The van der Waals surface area contributed by atoms with E-state index < -0.39 is 11.5 Å². The lowest BCUT2D eigenvalue weighted by Crippen LogP contribution is -2.40. The second-order valence-corrected chi connectivity index (χ2v) is 7.81. The number of carbonyl (C=O) groups excluding carboxylic acids is 1. The van der Waals surface area contributed by atoms with Gasteiger partial charge < -0.3 is 14.6 Å². The van der Waals surface area contributed by atoms with E-state index in [0.29, 0.717) is 43.3 Å². The van der Waals surface area contributed by atoms with Gasteiger partial charge in [0.05, 0.1) is 18.6 Å². The van der Waals surface area contributed by atoms with Crippen LogP contribution in [0.1, 0.15) is 36.5 Å². The summed E-state index contributed by atoms with van der Waals surface area (Å²) in [7, 11) is 0. The molecule has 29 heavy (non-hydrogen) atoms. The van der Waals surface area contributed by atoms with Crippen molar-refractivity contribution in [2.24, 2.45) is 5.92 Å². The molecule has 2 fully saturated rings. The number of esters is 1. The van der Waals surface area contributed by atoms with Crippen LogP contribution in [-0.2, 0) is 16.0 Å². The molecule has 1 N–H and O–H groups in total. The van der Waals surface area contributed by atoms with Crippen LogP contribution in [0.3, 0.4) is 0 Å². The third-order valence-corrected chi connectivity index (χ3v) is 6.05. The molecule has 156 valence electrons. The first-order chi connectivity index (χ1) is 14.1. The molecule has 0 spiro atoms. The Hall–Kier alpha value is -2.45. The molecule has 8 heteroatoms. The molecular weight excluding hydrogens is 374 g/mol. The van der Waals surface area contributed by atoms with Crippen molar-refractivity contribution in [3.05, 3.63) is 34.2 Å². The lowest BCUT2D eigenvalue weighted by Gasteiger charge is -2.30. The summed E-state index contributed by atoms with van der Waals surface area (Å²) in [5.41, 5.74) is -0.502. The maximum atomic E-state index is 13.2. The highest BCUT2D eigenvalue weighted by molar-refractivity contribution is 5.98. The fourth-order valence-corrected chi connectivity index (χ4v) is 3.95. The van der Waals surface area contributed by atoms with Gasteiger partial charge >= 0.3 is 5.97 Å². The Morgan fingerprint density at radius 3 is 2.79 bits per heavy atom. The van der Waals surface area contributed by atoms with Gasteiger partial charge in [-0.2, -0.15) is 0 Å². The molecule has 0 radical (unpaired) electrons. The summed E-state index contributed by atoms with van der Waals surface area (Å²) in [5.74, 6) is -0.795. The predicted molar refractivity (Wildman–Crippen MR) is 107 cm³/mol. The van der Waals surface area contributed by atoms with E-state index in [2.05, 4.69) is 9.88 Å². The highest BCUT2D eigenvalue weighted by Crippen LogP contribution is 2.32. The number of rotatable bonds is 6. The number of ether oxygens (including phenoxy) is 2. The first kappa shape index (κ1) is 19.8. The van der Waals surface area contributed by atoms with Gasteiger partial charge in [0.25, 0.3) is 5.56 Å². The first-order valence-corrected chi connectivity index (χ1v) is 10.3. The molecule has 0 amide bonds. The Morgan fingerprint density at radius 2 is 2.10 bits per heavy atom. The Balaban J connectivity index is 1.66. The van der Waals surface area contributed by atoms with Gasteiger partial charge in [-0.1, -0.05) is 6.42 Å². The molecule has 8 nitrogen and oxygen atoms in total. The second kappa shape index (κ2) is 8.51. The number of morpholine rings is 1. The number of pyridine rings is 2. The van der Waals surface area contributed by atoms with E-state index in [1.165, 1.54) is 4.57 Å². The van der Waals surface area contributed by atoms with Crippen LogP contribution in [0.4, 0.5) is 0 Å². The Labute approximate surface area is 169 Å². The molecule has 3 heterocycles. The quantitative estimate of drug-likeness (QED) is 0.738. The van der Waals surface area contributed by atoms with Crippen LogP contribution in [0.15, 0.2) is 23.1 Å². The molecule has 4 rings (SSSR count). The van der Waals surface area contributed by atoms with Gasteiger partial charge in [0.2, 0.25) is 0 Å². The predicted octanol–water partition coefficient (Wildman–Crippen LogP) is 1.78. The number of carbonyl (C=O) groups is 1. The normalized spacial score (nSPS) is 19.1. The van der Waals surface area contributed by atoms with Crippen molar-refractivity contribution in [3.63, 3.8) is 0 Å². The minimum atomic E-state index is -0.766. The maximum Gasteiger partial charge on any atom is 0.347 e. The third kappa shape index (κ3) is 4.00. The number of hydrogen-bond acceptors (Lipinski definition) is 7. The molecule has 0 aromatic carbocycles. The zero-order valence-electron chi connectivity index (χ0n) is 16.7. The summed E-state index contributed by atoms with van der Waals surface area (Å²) >= 11 is 0. The average Bonchev–Trinajstić information content (AvgIpc) is 2.67. The van der Waals surface area contributed by atoms with E-state index in [1.54, 1.807) is 18.3 Å². The topological polar surface area (TPSA) is 93.9 Å². The van der Waals surface area contributed by atoms with E-state index in [4.69, 9.17) is 9.47 Å². The Morgan fingerprint density at radius 1 is 1.34 bits per heavy atom. The fourth-order valence-electron chi connectivity index (χ4n) is 3.95. The van der Waals surface area contributed by atoms with E-state index >= 15 is 0 Å². The van der Waals surface area contributed by atoms with Crippen LogP contribution >= 0.6 is 0 Å². The van der Waals surface area contributed by atoms with Crippen LogP contribution in [0, 0.1) is 5.92 Å². The number of fused-ring (bicyclic) bond motifs is 1. The van der Waals surface area contributed by atoms with Crippen molar-refractivity contribution in [1.82, 2.24) is 14.5 Å². The van der Waals surface area contributed by atoms with Gasteiger partial charge in [-0.05, 0) is 37.8 Å². The third-order valence-electron chi connectivity index (χ3n) is 6.05. The van der Waals surface area contributed by atoms with Crippen molar-refractivity contribution in [3.8, 4) is 5.75 Å². The summed E-state index contributed by atoms with van der Waals surface area (Å²) < 4.78 is 12.4. The summed E-state index contributed by atoms with van der Waals surface area (Å²) in [4.78, 5) is 32.5. The zero-order chi connectivity index (χ0) is 20.4. The molecule has 1 aliphatic carbocycles. The van der Waals surface area contributed by atoms with Crippen molar-refractivity contribution in [1.29, 1.82) is 0 Å². The summed E-state index contributed by atoms with van der Waals surface area (Å²) in [6, 6.07) is 3.33. The van der Waals surface area contributed by atoms with Gasteiger partial charge in [0.15, 0.2) is 5.56 Å². The molecule has 1 saturated carbocycles. The van der Waals surface area contributed by atoms with E-state index in [9.17, 15) is 14.7 Å². The molecule has 1 atom stereocenters. The van der Waals surface area contributed by atoms with Gasteiger partial charge in [-0.3, -0.25) is 14.3 Å². The minimum absolute atomic E-state index is 0.276. The fraction of sp³-hybridized carbons (Fsp3) is 0.571. The van der Waals surface area contributed by atoms with Crippen LogP contribution in [0.25, 0.3) is 11.0 Å². The minimum Gasteiger partial charge on any atom is -0.506 e. The lowest BCUT2D eigenvalue weighted by molar-refractivity contribution is 0.00611. The first-order valence-electron chi connectivity index (χ1n) is 10.3. The monoisotopic (exact) mass is 401 g/mol. The van der Waals surface area contributed by atoms with E-state index in [1.807, 2.05) is 6.92 Å². The maximum absolute atomic E-state index is 13.2. The number of aromatic nitrogens is 2. The van der Waals surface area contributed by atoms with Crippen LogP contribution in [-0.4, -0.2) is 64.5 Å². The number of aromatic hydroxyl groups is 1. The van der Waals surface area contributed by atoms with Gasteiger partial charge in [-0.25, -0.2) is 9.78 Å². The van der Waals surface area contributed by atoms with Gasteiger partial charge in [0, 0.05) is 32.4 Å². The number of hydrogen-bond donors (Lipinski definition) is 1. The van der Waals surface area contributed by atoms with Gasteiger partial charge in [0.1, 0.15) is 17.5 Å². The summed E-state index contributed by atoms with van der Waals surface area (Å²) in [5, 5.41) is 11.1. The second-order valence-electron chi connectivity index (χ2n) is 7.81. The molecule has 2 aliphatic rings. The van der Waals surface area contributed by atoms with Crippen molar-refractivity contribution in [2.45, 2.75) is 38.8 Å². The zero-order valence-corrected chi connectivity index (χ0v) is 16.7. The molecule has 2 aromatic rings. The molecule has 1 unspecified atom stereocenters. The molecule has 1 aliphatic heterocycles. The summed E-state index contributed by atoms with van der Waals surface area (Å²) in [6.45, 7) is 5.77. The molecule has 2 aromatic heterocycles. The van der Waals surface area contributed by atoms with Crippen LogP contribution in [0.2, 0.25) is 0 Å².